The number of amides is 1. The summed E-state index contributed by atoms with van der Waals surface area (Å²) in [7, 11) is 1.54. The van der Waals surface area contributed by atoms with E-state index >= 15 is 0 Å². The van der Waals surface area contributed by atoms with Crippen LogP contribution in [0.3, 0.4) is 0 Å². The van der Waals surface area contributed by atoms with Crippen LogP contribution in [-0.4, -0.2) is 57.2 Å². The second kappa shape index (κ2) is 8.58. The van der Waals surface area contributed by atoms with Crippen LogP contribution in [0.15, 0.2) is 48.5 Å². The predicted molar refractivity (Wildman–Crippen MR) is 105 cm³/mol. The van der Waals surface area contributed by atoms with Crippen LogP contribution in [0, 0.1) is 0 Å². The molecule has 0 radical (unpaired) electrons. The second-order valence-corrected chi connectivity index (χ2v) is 6.34. The number of anilines is 2. The topological polar surface area (TPSA) is 70.8 Å². The molecule has 138 valence electrons. The zero-order valence-electron chi connectivity index (χ0n) is 15.1. The Morgan fingerprint density at radius 1 is 1.08 bits per heavy atom. The van der Waals surface area contributed by atoms with Gasteiger partial charge in [-0.05, 0) is 24.3 Å². The quantitative estimate of drug-likeness (QED) is 0.796. The minimum absolute atomic E-state index is 0.406. The monoisotopic (exact) mass is 354 g/mol. The predicted octanol–water partition coefficient (Wildman–Crippen LogP) is 2.03. The second-order valence-electron chi connectivity index (χ2n) is 6.34. The molecule has 3 N–H and O–H groups in total. The van der Waals surface area contributed by atoms with Gasteiger partial charge in [-0.3, -0.25) is 9.69 Å². The minimum atomic E-state index is -0.485. The number of carbonyl (C=O) groups excluding carboxylic acids is 1. The van der Waals surface area contributed by atoms with Crippen LogP contribution in [0.2, 0.25) is 0 Å². The van der Waals surface area contributed by atoms with Gasteiger partial charge in [0.2, 0.25) is 0 Å². The first-order valence-electron chi connectivity index (χ1n) is 8.92. The molecule has 0 spiro atoms. The Morgan fingerprint density at radius 2 is 1.81 bits per heavy atom. The fourth-order valence-corrected chi connectivity index (χ4v) is 3.32. The third-order valence-corrected chi connectivity index (χ3v) is 4.73. The van der Waals surface area contributed by atoms with Gasteiger partial charge in [-0.2, -0.15) is 0 Å². The number of hydrogen-bond acceptors (Lipinski definition) is 5. The molecule has 26 heavy (non-hydrogen) atoms. The number of nitrogens with one attached hydrogen (secondary N) is 1. The van der Waals surface area contributed by atoms with Gasteiger partial charge in [-0.25, -0.2) is 0 Å². The highest BCUT2D eigenvalue weighted by molar-refractivity contribution is 6.01. The Balaban J connectivity index is 1.50. The Kier molecular flexibility index (Phi) is 5.96. The third-order valence-electron chi connectivity index (χ3n) is 4.73. The van der Waals surface area contributed by atoms with E-state index in [0.717, 1.165) is 45.0 Å². The molecule has 2 aromatic carbocycles. The number of nitrogens with two attached hydrogens (primary N) is 1. The Hall–Kier alpha value is -2.73. The van der Waals surface area contributed by atoms with Crippen molar-refractivity contribution in [1.82, 2.24) is 4.90 Å². The van der Waals surface area contributed by atoms with Crippen molar-refractivity contribution < 1.29 is 9.53 Å². The molecule has 0 aliphatic carbocycles. The highest BCUT2D eigenvalue weighted by atomic mass is 16.5. The van der Waals surface area contributed by atoms with Gasteiger partial charge in [0, 0.05) is 45.0 Å². The first kappa shape index (κ1) is 18.1. The van der Waals surface area contributed by atoms with Crippen molar-refractivity contribution in [3.8, 4) is 5.75 Å². The average Bonchev–Trinajstić information content (AvgIpc) is 2.68. The number of hydrogen-bond donors (Lipinski definition) is 2. The van der Waals surface area contributed by atoms with Crippen molar-refractivity contribution in [2.45, 2.75) is 0 Å². The van der Waals surface area contributed by atoms with Gasteiger partial charge in [-0.15, -0.1) is 0 Å². The van der Waals surface area contributed by atoms with E-state index in [9.17, 15) is 4.79 Å². The van der Waals surface area contributed by atoms with Crippen molar-refractivity contribution in [1.29, 1.82) is 0 Å². The summed E-state index contributed by atoms with van der Waals surface area (Å²) >= 11 is 0. The Bertz CT molecular complexity index is 728. The molecule has 1 aliphatic rings. The van der Waals surface area contributed by atoms with Crippen LogP contribution in [0.1, 0.15) is 10.4 Å². The maximum Gasteiger partial charge on any atom is 0.254 e. The van der Waals surface area contributed by atoms with Gasteiger partial charge in [0.1, 0.15) is 11.3 Å². The lowest BCUT2D eigenvalue weighted by Gasteiger charge is -2.36. The summed E-state index contributed by atoms with van der Waals surface area (Å²) in [6, 6.07) is 16.0. The average molecular weight is 354 g/mol. The van der Waals surface area contributed by atoms with Crippen molar-refractivity contribution in [3.05, 3.63) is 54.1 Å². The van der Waals surface area contributed by atoms with Crippen molar-refractivity contribution in [2.75, 3.05) is 56.6 Å². The normalized spacial score (nSPS) is 14.9. The number of piperazine rings is 1. The number of benzene rings is 2. The molecule has 1 saturated heterocycles. The largest absolute Gasteiger partial charge is 0.496 e. The maximum atomic E-state index is 11.7. The van der Waals surface area contributed by atoms with E-state index in [0.29, 0.717) is 11.3 Å². The summed E-state index contributed by atoms with van der Waals surface area (Å²) in [5.41, 5.74) is 7.91. The van der Waals surface area contributed by atoms with Crippen LogP contribution in [0.25, 0.3) is 0 Å². The van der Waals surface area contributed by atoms with Crippen LogP contribution >= 0.6 is 0 Å². The van der Waals surface area contributed by atoms with Gasteiger partial charge < -0.3 is 20.7 Å². The molecule has 1 amide bonds. The lowest BCUT2D eigenvalue weighted by atomic mass is 10.1. The minimum Gasteiger partial charge on any atom is -0.496 e. The van der Waals surface area contributed by atoms with E-state index in [2.05, 4.69) is 39.4 Å². The number of rotatable bonds is 7. The smallest absolute Gasteiger partial charge is 0.254 e. The zero-order chi connectivity index (χ0) is 18.4. The number of para-hydroxylation sites is 1. The van der Waals surface area contributed by atoms with E-state index in [1.54, 1.807) is 6.07 Å². The lowest BCUT2D eigenvalue weighted by Crippen LogP contribution is -2.47. The highest BCUT2D eigenvalue weighted by Crippen LogP contribution is 2.25. The Labute approximate surface area is 154 Å². The zero-order valence-corrected chi connectivity index (χ0v) is 15.1. The van der Waals surface area contributed by atoms with Crippen LogP contribution in [0.4, 0.5) is 11.4 Å². The first-order valence-corrected chi connectivity index (χ1v) is 8.92. The van der Waals surface area contributed by atoms with E-state index in [4.69, 9.17) is 10.5 Å². The molecular weight excluding hydrogens is 328 g/mol. The molecule has 2 aromatic rings. The van der Waals surface area contributed by atoms with E-state index in [1.807, 2.05) is 18.2 Å². The summed E-state index contributed by atoms with van der Waals surface area (Å²) in [6.45, 7) is 5.76. The van der Waals surface area contributed by atoms with Crippen LogP contribution < -0.4 is 20.7 Å². The molecule has 0 bridgehead atoms. The summed E-state index contributed by atoms with van der Waals surface area (Å²) < 4.78 is 5.24. The molecular formula is C20H26N4O2. The molecule has 1 heterocycles. The van der Waals surface area contributed by atoms with Crippen LogP contribution in [-0.2, 0) is 0 Å². The van der Waals surface area contributed by atoms with Gasteiger partial charge in [0.15, 0.2) is 0 Å². The summed E-state index contributed by atoms with van der Waals surface area (Å²) in [5.74, 6) is 0.0143. The molecule has 0 unspecified atom stereocenters. The first-order chi connectivity index (χ1) is 12.7. The molecule has 0 atom stereocenters. The number of primary amides is 1. The van der Waals surface area contributed by atoms with Crippen molar-refractivity contribution >= 4 is 17.3 Å². The number of carbonyl (C=O) groups is 1. The van der Waals surface area contributed by atoms with Gasteiger partial charge in [-0.1, -0.05) is 24.3 Å². The molecule has 0 saturated carbocycles. The van der Waals surface area contributed by atoms with Gasteiger partial charge in [0.05, 0.1) is 12.8 Å². The number of methoxy groups -OCH3 is 1. The summed E-state index contributed by atoms with van der Waals surface area (Å²) in [4.78, 5) is 16.6. The third kappa shape index (κ3) is 4.26. The number of nitrogens with zero attached hydrogens (tertiary/aromatic N) is 2. The molecule has 6 heteroatoms. The van der Waals surface area contributed by atoms with Gasteiger partial charge in [0.25, 0.3) is 5.91 Å². The van der Waals surface area contributed by atoms with E-state index < -0.39 is 5.91 Å². The SMILES string of the molecule is COc1cccc(NCCN2CCN(c3ccccc3)CC2)c1C(N)=O. The van der Waals surface area contributed by atoms with E-state index in [1.165, 1.54) is 12.8 Å². The van der Waals surface area contributed by atoms with E-state index in [-0.39, 0.29) is 0 Å². The van der Waals surface area contributed by atoms with Crippen molar-refractivity contribution in [2.24, 2.45) is 5.73 Å². The molecule has 6 nitrogen and oxygen atoms in total. The summed E-state index contributed by atoms with van der Waals surface area (Å²) in [6.07, 6.45) is 0. The highest BCUT2D eigenvalue weighted by Gasteiger charge is 2.18. The molecule has 1 aliphatic heterocycles. The summed E-state index contributed by atoms with van der Waals surface area (Å²) in [5, 5.41) is 3.32. The van der Waals surface area contributed by atoms with Gasteiger partial charge >= 0.3 is 0 Å². The Morgan fingerprint density at radius 3 is 2.46 bits per heavy atom. The fourth-order valence-electron chi connectivity index (χ4n) is 3.32. The maximum absolute atomic E-state index is 11.7. The van der Waals surface area contributed by atoms with Crippen molar-refractivity contribution in [3.63, 3.8) is 0 Å². The lowest BCUT2D eigenvalue weighted by molar-refractivity contribution is 0.0998. The number of ether oxygens (including phenoxy) is 1. The molecule has 3 rings (SSSR count). The van der Waals surface area contributed by atoms with Crippen LogP contribution in [0.5, 0.6) is 5.75 Å². The molecule has 0 aromatic heterocycles. The standard InChI is InChI=1S/C20H26N4O2/c1-26-18-9-5-8-17(19(18)20(21)25)22-10-11-23-12-14-24(15-13-23)16-6-3-2-4-7-16/h2-9,22H,10-15H2,1H3,(H2,21,25). The fraction of sp³-hybridized carbons (Fsp3) is 0.350. The molecule has 1 fully saturated rings.